The van der Waals surface area contributed by atoms with Crippen molar-refractivity contribution in [2.45, 2.75) is 57.7 Å². The van der Waals surface area contributed by atoms with E-state index in [4.69, 9.17) is 4.74 Å². The summed E-state index contributed by atoms with van der Waals surface area (Å²) in [5.41, 5.74) is 1.22. The van der Waals surface area contributed by atoms with Crippen molar-refractivity contribution in [1.29, 1.82) is 0 Å². The van der Waals surface area contributed by atoms with Gasteiger partial charge in [-0.2, -0.15) is 0 Å². The third-order valence-corrected chi connectivity index (χ3v) is 5.21. The van der Waals surface area contributed by atoms with E-state index in [1.165, 1.54) is 6.92 Å². The van der Waals surface area contributed by atoms with E-state index in [2.05, 4.69) is 10.6 Å². The van der Waals surface area contributed by atoms with Crippen molar-refractivity contribution in [3.8, 4) is 5.75 Å². The maximum atomic E-state index is 13.0. The average molecular weight is 380 g/mol. The Morgan fingerprint density at radius 1 is 0.964 bits per heavy atom. The molecule has 0 radical (unpaired) electrons. The molecule has 2 amide bonds. The minimum atomic E-state index is -0.788. The molecule has 3 rings (SSSR count). The Balaban J connectivity index is 1.64. The fourth-order valence-electron chi connectivity index (χ4n) is 3.77. The maximum absolute atomic E-state index is 13.0. The SMILES string of the molecule is CC(=O)NC1(C(=O)NCc2ccccc2OCc2ccccc2)CCCCC1. The fraction of sp³-hybridized carbons (Fsp3) is 0.391. The standard InChI is InChI=1S/C23H28N2O3/c1-18(26)25-23(14-8-3-9-15-23)22(27)24-16-20-12-6-7-13-21(20)28-17-19-10-4-2-5-11-19/h2,4-7,10-13H,3,8-9,14-17H2,1H3,(H,24,27)(H,25,26). The van der Waals surface area contributed by atoms with Crippen LogP contribution in [0.15, 0.2) is 54.6 Å². The topological polar surface area (TPSA) is 67.4 Å². The number of hydrogen-bond donors (Lipinski definition) is 2. The zero-order valence-corrected chi connectivity index (χ0v) is 16.4. The summed E-state index contributed by atoms with van der Waals surface area (Å²) >= 11 is 0. The number of nitrogens with one attached hydrogen (secondary N) is 2. The number of amides is 2. The van der Waals surface area contributed by atoms with Gasteiger partial charge in [-0.1, -0.05) is 67.8 Å². The van der Waals surface area contributed by atoms with Gasteiger partial charge in [0, 0.05) is 19.0 Å². The van der Waals surface area contributed by atoms with Gasteiger partial charge in [-0.25, -0.2) is 0 Å². The minimum absolute atomic E-state index is 0.111. The Kier molecular flexibility index (Phi) is 6.69. The lowest BCUT2D eigenvalue weighted by molar-refractivity contribution is -0.134. The lowest BCUT2D eigenvalue weighted by Crippen LogP contribution is -2.59. The summed E-state index contributed by atoms with van der Waals surface area (Å²) < 4.78 is 5.97. The molecule has 0 atom stereocenters. The van der Waals surface area contributed by atoms with E-state index < -0.39 is 5.54 Å². The van der Waals surface area contributed by atoms with Crippen LogP contribution in [-0.2, 0) is 22.7 Å². The van der Waals surface area contributed by atoms with Crippen LogP contribution in [0.2, 0.25) is 0 Å². The third-order valence-electron chi connectivity index (χ3n) is 5.21. The van der Waals surface area contributed by atoms with E-state index in [0.717, 1.165) is 36.1 Å². The molecule has 5 nitrogen and oxygen atoms in total. The van der Waals surface area contributed by atoms with Gasteiger partial charge in [0.2, 0.25) is 11.8 Å². The van der Waals surface area contributed by atoms with Crippen molar-refractivity contribution in [2.75, 3.05) is 0 Å². The maximum Gasteiger partial charge on any atom is 0.246 e. The van der Waals surface area contributed by atoms with Crippen LogP contribution < -0.4 is 15.4 Å². The Labute approximate surface area is 166 Å². The van der Waals surface area contributed by atoms with Crippen LogP contribution in [0.3, 0.4) is 0 Å². The van der Waals surface area contributed by atoms with E-state index >= 15 is 0 Å². The molecule has 0 aromatic heterocycles. The molecule has 5 heteroatoms. The molecule has 0 spiro atoms. The summed E-state index contributed by atoms with van der Waals surface area (Å²) in [6.45, 7) is 2.31. The molecule has 28 heavy (non-hydrogen) atoms. The highest BCUT2D eigenvalue weighted by molar-refractivity contribution is 5.91. The summed E-state index contributed by atoms with van der Waals surface area (Å²) in [7, 11) is 0. The van der Waals surface area contributed by atoms with Crippen molar-refractivity contribution in [3.63, 3.8) is 0 Å². The number of benzene rings is 2. The van der Waals surface area contributed by atoms with Crippen LogP contribution in [0.4, 0.5) is 0 Å². The highest BCUT2D eigenvalue weighted by Crippen LogP contribution is 2.29. The number of rotatable bonds is 7. The number of para-hydroxylation sites is 1. The van der Waals surface area contributed by atoms with Crippen LogP contribution in [0.5, 0.6) is 5.75 Å². The first-order valence-corrected chi connectivity index (χ1v) is 9.91. The third kappa shape index (κ3) is 5.12. The molecule has 0 bridgehead atoms. The van der Waals surface area contributed by atoms with Crippen molar-refractivity contribution >= 4 is 11.8 Å². The van der Waals surface area contributed by atoms with Gasteiger partial charge in [-0.05, 0) is 24.5 Å². The van der Waals surface area contributed by atoms with Crippen LogP contribution in [0, 0.1) is 0 Å². The molecular formula is C23H28N2O3. The summed E-state index contributed by atoms with van der Waals surface area (Å²) in [5.74, 6) is 0.479. The van der Waals surface area contributed by atoms with Gasteiger partial charge in [0.1, 0.15) is 17.9 Å². The second kappa shape index (κ2) is 9.40. The van der Waals surface area contributed by atoms with E-state index in [1.807, 2.05) is 54.6 Å². The molecule has 0 unspecified atom stereocenters. The molecule has 0 heterocycles. The van der Waals surface area contributed by atoms with Crippen LogP contribution in [0.25, 0.3) is 0 Å². The fourth-order valence-corrected chi connectivity index (χ4v) is 3.77. The molecule has 0 aliphatic heterocycles. The van der Waals surface area contributed by atoms with Gasteiger partial charge >= 0.3 is 0 Å². The number of carbonyl (C=O) groups is 2. The zero-order chi connectivity index (χ0) is 19.8. The first-order valence-electron chi connectivity index (χ1n) is 9.91. The summed E-state index contributed by atoms with van der Waals surface area (Å²) in [6, 6.07) is 17.7. The molecule has 1 fully saturated rings. The van der Waals surface area contributed by atoms with Gasteiger partial charge in [0.15, 0.2) is 0 Å². The van der Waals surface area contributed by atoms with Gasteiger partial charge < -0.3 is 15.4 Å². The molecule has 2 N–H and O–H groups in total. The number of hydrogen-bond acceptors (Lipinski definition) is 3. The second-order valence-corrected chi connectivity index (χ2v) is 7.39. The van der Waals surface area contributed by atoms with Crippen LogP contribution in [-0.4, -0.2) is 17.4 Å². The molecule has 1 aliphatic carbocycles. The summed E-state index contributed by atoms with van der Waals surface area (Å²) in [6.07, 6.45) is 4.37. The second-order valence-electron chi connectivity index (χ2n) is 7.39. The van der Waals surface area contributed by atoms with E-state index in [1.54, 1.807) is 0 Å². The zero-order valence-electron chi connectivity index (χ0n) is 16.4. The predicted octanol–water partition coefficient (Wildman–Crippen LogP) is 3.72. The van der Waals surface area contributed by atoms with Gasteiger partial charge in [-0.3, -0.25) is 9.59 Å². The lowest BCUT2D eigenvalue weighted by Gasteiger charge is -2.36. The first-order chi connectivity index (χ1) is 13.6. The Morgan fingerprint density at radius 2 is 1.64 bits per heavy atom. The molecule has 1 saturated carbocycles. The van der Waals surface area contributed by atoms with Crippen molar-refractivity contribution < 1.29 is 14.3 Å². The Bertz CT molecular complexity index is 799. The molecule has 2 aromatic rings. The van der Waals surface area contributed by atoms with Crippen molar-refractivity contribution in [1.82, 2.24) is 10.6 Å². The number of ether oxygens (including phenoxy) is 1. The molecule has 0 saturated heterocycles. The highest BCUT2D eigenvalue weighted by Gasteiger charge is 2.40. The van der Waals surface area contributed by atoms with Gasteiger partial charge in [-0.15, -0.1) is 0 Å². The smallest absolute Gasteiger partial charge is 0.246 e. The summed E-state index contributed by atoms with van der Waals surface area (Å²) in [5, 5.41) is 5.93. The van der Waals surface area contributed by atoms with Crippen molar-refractivity contribution in [2.24, 2.45) is 0 Å². The van der Waals surface area contributed by atoms with E-state index in [0.29, 0.717) is 26.0 Å². The molecule has 2 aromatic carbocycles. The molecular weight excluding hydrogens is 352 g/mol. The Morgan fingerprint density at radius 3 is 2.36 bits per heavy atom. The quantitative estimate of drug-likeness (QED) is 0.769. The van der Waals surface area contributed by atoms with Crippen LogP contribution in [0.1, 0.15) is 50.2 Å². The Hall–Kier alpha value is -2.82. The van der Waals surface area contributed by atoms with Crippen molar-refractivity contribution in [3.05, 3.63) is 65.7 Å². The largest absolute Gasteiger partial charge is 0.489 e. The van der Waals surface area contributed by atoms with Gasteiger partial charge in [0.25, 0.3) is 0 Å². The van der Waals surface area contributed by atoms with Crippen LogP contribution >= 0.6 is 0 Å². The summed E-state index contributed by atoms with van der Waals surface area (Å²) in [4.78, 5) is 24.6. The lowest BCUT2D eigenvalue weighted by atomic mass is 9.80. The number of carbonyl (C=O) groups excluding carboxylic acids is 2. The minimum Gasteiger partial charge on any atom is -0.489 e. The predicted molar refractivity (Wildman–Crippen MR) is 109 cm³/mol. The monoisotopic (exact) mass is 380 g/mol. The normalized spacial score (nSPS) is 15.5. The van der Waals surface area contributed by atoms with E-state index in [9.17, 15) is 9.59 Å². The van der Waals surface area contributed by atoms with Gasteiger partial charge in [0.05, 0.1) is 0 Å². The van der Waals surface area contributed by atoms with E-state index in [-0.39, 0.29) is 11.8 Å². The first kappa shape index (κ1) is 19.9. The molecule has 1 aliphatic rings. The molecule has 148 valence electrons. The average Bonchev–Trinajstić information content (AvgIpc) is 2.72. The highest BCUT2D eigenvalue weighted by atomic mass is 16.5.